The minimum Gasteiger partial charge on any atom is -0.477 e. The van der Waals surface area contributed by atoms with Crippen LogP contribution in [0.2, 0.25) is 0 Å². The third-order valence-electron chi connectivity index (χ3n) is 4.08. The number of carbonyl (C=O) groups excluding carboxylic acids is 1. The maximum atomic E-state index is 12.6. The van der Waals surface area contributed by atoms with Gasteiger partial charge in [-0.3, -0.25) is 9.59 Å². The molecule has 0 aliphatic carbocycles. The second-order valence-electron chi connectivity index (χ2n) is 5.88. The van der Waals surface area contributed by atoms with Crippen LogP contribution in [0, 0.1) is 0 Å². The highest BCUT2D eigenvalue weighted by atomic mass is 79.9. The Morgan fingerprint density at radius 1 is 1.15 bits per heavy atom. The second-order valence-corrected chi connectivity index (χ2v) is 6.80. The van der Waals surface area contributed by atoms with Crippen molar-refractivity contribution >= 4 is 38.6 Å². The van der Waals surface area contributed by atoms with Gasteiger partial charge in [0.1, 0.15) is 5.56 Å². The third-order valence-corrected chi connectivity index (χ3v) is 4.54. The lowest BCUT2D eigenvalue weighted by Crippen LogP contribution is -2.25. The van der Waals surface area contributed by atoms with Crippen molar-refractivity contribution < 1.29 is 14.7 Å². The summed E-state index contributed by atoms with van der Waals surface area (Å²) >= 11 is 3.34. The fourth-order valence-electron chi connectivity index (χ4n) is 2.79. The molecule has 0 saturated carbocycles. The highest BCUT2D eigenvalue weighted by molar-refractivity contribution is 9.10. The number of aromatic amines is 1. The molecule has 4 N–H and O–H groups in total. The summed E-state index contributed by atoms with van der Waals surface area (Å²) in [7, 11) is 0. The molecule has 26 heavy (non-hydrogen) atoms. The molecule has 1 atom stereocenters. The molecule has 1 heterocycles. The monoisotopic (exact) mass is 414 g/mol. The summed E-state index contributed by atoms with van der Waals surface area (Å²) in [6, 6.07) is 12.9. The van der Waals surface area contributed by atoms with Crippen LogP contribution < -0.4 is 11.3 Å². The molecule has 7 heteroatoms. The largest absolute Gasteiger partial charge is 0.477 e. The molecule has 0 radical (unpaired) electrons. The first-order valence-corrected chi connectivity index (χ1v) is 8.58. The predicted octanol–water partition coefficient (Wildman–Crippen LogP) is 2.80. The van der Waals surface area contributed by atoms with Crippen LogP contribution in [0.3, 0.4) is 0 Å². The van der Waals surface area contributed by atoms with Crippen LogP contribution in [0.25, 0.3) is 10.9 Å². The minimum atomic E-state index is -1.32. The number of pyridine rings is 1. The Labute approximate surface area is 156 Å². The van der Waals surface area contributed by atoms with Crippen LogP contribution >= 0.6 is 15.9 Å². The smallest absolute Gasteiger partial charge is 0.341 e. The number of ketones is 1. The van der Waals surface area contributed by atoms with Crippen molar-refractivity contribution in [2.45, 2.75) is 12.5 Å². The first-order valence-electron chi connectivity index (χ1n) is 7.79. The fourth-order valence-corrected chi connectivity index (χ4v) is 3.29. The van der Waals surface area contributed by atoms with Gasteiger partial charge in [0.2, 0.25) is 0 Å². The van der Waals surface area contributed by atoms with Gasteiger partial charge in [0, 0.05) is 21.8 Å². The van der Waals surface area contributed by atoms with Gasteiger partial charge >= 0.3 is 5.97 Å². The van der Waals surface area contributed by atoms with Crippen molar-refractivity contribution in [3.8, 4) is 0 Å². The number of aromatic nitrogens is 1. The van der Waals surface area contributed by atoms with E-state index >= 15 is 0 Å². The van der Waals surface area contributed by atoms with Crippen LogP contribution in [0.4, 0.5) is 0 Å². The highest BCUT2D eigenvalue weighted by Gasteiger charge is 2.21. The van der Waals surface area contributed by atoms with Gasteiger partial charge in [-0.15, -0.1) is 0 Å². The topological polar surface area (TPSA) is 113 Å². The normalized spacial score (nSPS) is 12.1. The summed E-state index contributed by atoms with van der Waals surface area (Å²) in [4.78, 5) is 38.3. The van der Waals surface area contributed by atoms with Gasteiger partial charge in [0.15, 0.2) is 5.78 Å². The van der Waals surface area contributed by atoms with Gasteiger partial charge in [0.25, 0.3) is 5.56 Å². The Morgan fingerprint density at radius 3 is 2.50 bits per heavy atom. The van der Waals surface area contributed by atoms with E-state index in [9.17, 15) is 14.4 Å². The summed E-state index contributed by atoms with van der Waals surface area (Å²) in [5.41, 5.74) is 6.69. The number of hydrogen-bond acceptors (Lipinski definition) is 4. The number of nitrogens with one attached hydrogen (secondary N) is 1. The van der Waals surface area contributed by atoms with E-state index in [0.29, 0.717) is 20.9 Å². The average Bonchev–Trinajstić information content (AvgIpc) is 2.61. The highest BCUT2D eigenvalue weighted by Crippen LogP contribution is 2.27. The predicted molar refractivity (Wildman–Crippen MR) is 101 cm³/mol. The average molecular weight is 415 g/mol. The molecule has 0 aliphatic heterocycles. The van der Waals surface area contributed by atoms with Gasteiger partial charge in [-0.25, -0.2) is 4.79 Å². The van der Waals surface area contributed by atoms with E-state index < -0.39 is 17.6 Å². The molecule has 132 valence electrons. The zero-order valence-corrected chi connectivity index (χ0v) is 15.1. The zero-order chi connectivity index (χ0) is 18.8. The first kappa shape index (κ1) is 18.0. The number of benzene rings is 2. The Hall–Kier alpha value is -2.77. The molecule has 0 aliphatic rings. The van der Waals surface area contributed by atoms with E-state index in [0.717, 1.165) is 5.56 Å². The first-order chi connectivity index (χ1) is 12.4. The van der Waals surface area contributed by atoms with Crippen molar-refractivity contribution in [3.05, 3.63) is 80.0 Å². The van der Waals surface area contributed by atoms with Crippen LogP contribution in [-0.4, -0.2) is 21.8 Å². The lowest BCUT2D eigenvalue weighted by molar-refractivity contribution is -0.119. The van der Waals surface area contributed by atoms with Crippen molar-refractivity contribution in [2.75, 3.05) is 0 Å². The molecule has 0 fully saturated rings. The maximum absolute atomic E-state index is 12.6. The number of fused-ring (bicyclic) bond motifs is 1. The molecule has 3 aromatic rings. The number of H-pyrrole nitrogens is 1. The SMILES string of the molecule is NC(C(=O)Cc1ccccc1)c1cc(Br)cc2cc(C(=O)O)c(=O)[nH]c12. The number of carbonyl (C=O) groups is 2. The van der Waals surface area contributed by atoms with Crippen LogP contribution in [0.5, 0.6) is 0 Å². The van der Waals surface area contributed by atoms with E-state index in [1.165, 1.54) is 6.07 Å². The van der Waals surface area contributed by atoms with Crippen LogP contribution in [-0.2, 0) is 11.2 Å². The number of rotatable bonds is 5. The van der Waals surface area contributed by atoms with E-state index in [1.807, 2.05) is 30.3 Å². The molecule has 0 amide bonds. The summed E-state index contributed by atoms with van der Waals surface area (Å²) in [5.74, 6) is -1.53. The zero-order valence-electron chi connectivity index (χ0n) is 13.5. The third kappa shape index (κ3) is 3.58. The minimum absolute atomic E-state index is 0.160. The second kappa shape index (κ2) is 7.23. The Kier molecular flexibility index (Phi) is 5.01. The van der Waals surface area contributed by atoms with Gasteiger partial charge in [-0.05, 0) is 23.8 Å². The molecule has 2 aromatic carbocycles. The molecule has 1 aromatic heterocycles. The molecule has 0 spiro atoms. The fraction of sp³-hybridized carbons (Fsp3) is 0.105. The van der Waals surface area contributed by atoms with Crippen LogP contribution in [0.1, 0.15) is 27.5 Å². The molecule has 6 nitrogen and oxygen atoms in total. The molecule has 1 unspecified atom stereocenters. The van der Waals surface area contributed by atoms with Crippen molar-refractivity contribution in [3.63, 3.8) is 0 Å². The standard InChI is InChI=1S/C19H15BrN2O4/c20-12-7-11-8-14(19(25)26)18(24)22-17(11)13(9-12)16(21)15(23)6-10-4-2-1-3-5-10/h1-5,7-9,16H,6,21H2,(H,22,24)(H,25,26). The lowest BCUT2D eigenvalue weighted by atomic mass is 9.96. The number of halogens is 1. The van der Waals surface area contributed by atoms with Crippen molar-refractivity contribution in [1.82, 2.24) is 4.98 Å². The van der Waals surface area contributed by atoms with Crippen molar-refractivity contribution in [2.24, 2.45) is 5.73 Å². The molecular weight excluding hydrogens is 400 g/mol. The van der Waals surface area contributed by atoms with Crippen molar-refractivity contribution in [1.29, 1.82) is 0 Å². The quantitative estimate of drug-likeness (QED) is 0.593. The Bertz CT molecular complexity index is 1060. The summed E-state index contributed by atoms with van der Waals surface area (Å²) in [6.07, 6.45) is 0.160. The molecule has 0 bridgehead atoms. The number of carboxylic acids is 1. The Balaban J connectivity index is 2.06. The van der Waals surface area contributed by atoms with Gasteiger partial charge in [-0.2, -0.15) is 0 Å². The summed E-state index contributed by atoms with van der Waals surface area (Å²) in [5, 5.41) is 9.60. The number of aromatic carboxylic acids is 1. The molecule has 3 rings (SSSR count). The van der Waals surface area contributed by atoms with Gasteiger partial charge in [0.05, 0.1) is 11.6 Å². The van der Waals surface area contributed by atoms with E-state index in [1.54, 1.807) is 12.1 Å². The number of nitrogens with two attached hydrogens (primary N) is 1. The summed E-state index contributed by atoms with van der Waals surface area (Å²) in [6.45, 7) is 0. The Morgan fingerprint density at radius 2 is 1.85 bits per heavy atom. The maximum Gasteiger partial charge on any atom is 0.341 e. The van der Waals surface area contributed by atoms with E-state index in [2.05, 4.69) is 20.9 Å². The van der Waals surface area contributed by atoms with Crippen LogP contribution in [0.15, 0.2) is 57.8 Å². The number of carboxylic acid groups (broad SMARTS) is 1. The number of Topliss-reactive ketones (excluding diaryl/α,β-unsaturated/α-hetero) is 1. The summed E-state index contributed by atoms with van der Waals surface area (Å²) < 4.78 is 0.631. The number of hydrogen-bond donors (Lipinski definition) is 3. The van der Waals surface area contributed by atoms with E-state index in [4.69, 9.17) is 10.8 Å². The molecular formula is C19H15BrN2O4. The molecule has 0 saturated heterocycles. The lowest BCUT2D eigenvalue weighted by Gasteiger charge is -2.15. The van der Waals surface area contributed by atoms with Gasteiger partial charge in [-0.1, -0.05) is 46.3 Å². The van der Waals surface area contributed by atoms with Gasteiger partial charge < -0.3 is 15.8 Å². The van der Waals surface area contributed by atoms with E-state index in [-0.39, 0.29) is 17.8 Å².